The van der Waals surface area contributed by atoms with Crippen molar-refractivity contribution in [3.05, 3.63) is 71.4 Å². The molecule has 34 heavy (non-hydrogen) atoms. The van der Waals surface area contributed by atoms with Crippen LogP contribution in [0.25, 0.3) is 22.2 Å². The monoisotopic (exact) mass is 475 g/mol. The molecule has 1 fully saturated rings. The molecule has 2 aromatic heterocycles. The van der Waals surface area contributed by atoms with Crippen molar-refractivity contribution in [2.45, 2.75) is 19.9 Å². The Kier molecular flexibility index (Phi) is 5.87. The van der Waals surface area contributed by atoms with E-state index >= 15 is 0 Å². The van der Waals surface area contributed by atoms with Crippen molar-refractivity contribution in [2.24, 2.45) is 7.05 Å². The summed E-state index contributed by atoms with van der Waals surface area (Å²) < 4.78 is 7.52. The summed E-state index contributed by atoms with van der Waals surface area (Å²) in [7, 11) is 1.82. The Morgan fingerprint density at radius 3 is 2.79 bits per heavy atom. The van der Waals surface area contributed by atoms with Gasteiger partial charge in [0, 0.05) is 37.2 Å². The second kappa shape index (κ2) is 8.98. The van der Waals surface area contributed by atoms with E-state index < -0.39 is 0 Å². The molecule has 8 nitrogen and oxygen atoms in total. The van der Waals surface area contributed by atoms with Crippen LogP contribution in [0.5, 0.6) is 0 Å². The lowest BCUT2D eigenvalue weighted by atomic mass is 10.1. The molecular weight excluding hydrogens is 450 g/mol. The number of fused-ring (bicyclic) bond motifs is 1. The molecule has 0 aliphatic carbocycles. The standard InChI is InChI=1S/C25H25N5O3S/c1-15-7-6-8-17(11-15)23-22(27-16(2)33-23)25(32)30-14-34-13-18(30)12-26-24(31)21-19-9-4-5-10-20(19)29(3)28-21/h4-11,18H,12-14H2,1-3H3,(H,26,31)/t18-/m1/s1. The summed E-state index contributed by atoms with van der Waals surface area (Å²) in [6.45, 7) is 4.07. The van der Waals surface area contributed by atoms with Crippen LogP contribution < -0.4 is 5.32 Å². The zero-order valence-electron chi connectivity index (χ0n) is 19.2. The summed E-state index contributed by atoms with van der Waals surface area (Å²) in [6, 6.07) is 15.3. The van der Waals surface area contributed by atoms with E-state index in [1.807, 2.05) is 62.5 Å². The fourth-order valence-corrected chi connectivity index (χ4v) is 5.44. The maximum absolute atomic E-state index is 13.5. The van der Waals surface area contributed by atoms with Crippen molar-refractivity contribution in [3.63, 3.8) is 0 Å². The van der Waals surface area contributed by atoms with Crippen LogP contribution in [0.1, 0.15) is 32.4 Å². The molecule has 0 radical (unpaired) electrons. The third-order valence-electron chi connectivity index (χ3n) is 5.93. The van der Waals surface area contributed by atoms with Crippen LogP contribution >= 0.6 is 11.8 Å². The van der Waals surface area contributed by atoms with E-state index in [0.29, 0.717) is 35.5 Å². The van der Waals surface area contributed by atoms with E-state index in [9.17, 15) is 9.59 Å². The Labute approximate surface area is 201 Å². The summed E-state index contributed by atoms with van der Waals surface area (Å²) in [5, 5.41) is 8.17. The highest BCUT2D eigenvalue weighted by Gasteiger charge is 2.34. The molecule has 0 unspecified atom stereocenters. The molecule has 5 rings (SSSR count). The van der Waals surface area contributed by atoms with Gasteiger partial charge in [-0.2, -0.15) is 5.10 Å². The Hall–Kier alpha value is -3.59. The molecule has 1 aliphatic rings. The highest BCUT2D eigenvalue weighted by molar-refractivity contribution is 7.99. The predicted molar refractivity (Wildman–Crippen MR) is 132 cm³/mol. The molecule has 1 aliphatic heterocycles. The van der Waals surface area contributed by atoms with Crippen LogP contribution in [0.4, 0.5) is 0 Å². The number of hydrogen-bond donors (Lipinski definition) is 1. The number of benzene rings is 2. The van der Waals surface area contributed by atoms with Crippen molar-refractivity contribution < 1.29 is 14.0 Å². The molecule has 3 heterocycles. The number of amides is 2. The molecule has 1 N–H and O–H groups in total. The average molecular weight is 476 g/mol. The van der Waals surface area contributed by atoms with E-state index in [1.165, 1.54) is 0 Å². The van der Waals surface area contributed by atoms with Gasteiger partial charge in [0.25, 0.3) is 11.8 Å². The minimum Gasteiger partial charge on any atom is -0.440 e. The van der Waals surface area contributed by atoms with Gasteiger partial charge in [0.2, 0.25) is 0 Å². The number of aromatic nitrogens is 3. The van der Waals surface area contributed by atoms with Crippen LogP contribution in [0.3, 0.4) is 0 Å². The maximum atomic E-state index is 13.5. The number of rotatable bonds is 5. The number of aryl methyl sites for hydroxylation is 3. The molecule has 0 bridgehead atoms. The van der Waals surface area contributed by atoms with Gasteiger partial charge in [0.05, 0.1) is 17.4 Å². The second-order valence-electron chi connectivity index (χ2n) is 8.41. The van der Waals surface area contributed by atoms with Gasteiger partial charge >= 0.3 is 0 Å². The second-order valence-corrected chi connectivity index (χ2v) is 9.41. The summed E-state index contributed by atoms with van der Waals surface area (Å²) in [4.78, 5) is 32.6. The molecule has 174 valence electrons. The highest BCUT2D eigenvalue weighted by atomic mass is 32.2. The maximum Gasteiger partial charge on any atom is 0.277 e. The smallest absolute Gasteiger partial charge is 0.277 e. The lowest BCUT2D eigenvalue weighted by Crippen LogP contribution is -2.44. The third-order valence-corrected chi connectivity index (χ3v) is 7.01. The van der Waals surface area contributed by atoms with Gasteiger partial charge in [-0.25, -0.2) is 4.98 Å². The predicted octanol–water partition coefficient (Wildman–Crippen LogP) is 3.79. The number of carbonyl (C=O) groups excluding carboxylic acids is 2. The Bertz CT molecular complexity index is 1390. The van der Waals surface area contributed by atoms with Gasteiger partial charge in [-0.3, -0.25) is 14.3 Å². The first kappa shape index (κ1) is 22.2. The van der Waals surface area contributed by atoms with Crippen LogP contribution in [0.2, 0.25) is 0 Å². The zero-order valence-corrected chi connectivity index (χ0v) is 20.1. The largest absolute Gasteiger partial charge is 0.440 e. The summed E-state index contributed by atoms with van der Waals surface area (Å²) in [6.07, 6.45) is 0. The molecule has 2 amide bonds. The van der Waals surface area contributed by atoms with Crippen LogP contribution in [0, 0.1) is 13.8 Å². The SMILES string of the molecule is Cc1cccc(-c2oc(C)nc2C(=O)N2CSC[C@H]2CNC(=O)c2nn(C)c3ccccc23)c1. The number of nitrogens with zero attached hydrogens (tertiary/aromatic N) is 4. The van der Waals surface area contributed by atoms with E-state index in [-0.39, 0.29) is 17.9 Å². The lowest BCUT2D eigenvalue weighted by Gasteiger charge is -2.23. The zero-order chi connectivity index (χ0) is 23.8. The number of oxazole rings is 1. The molecule has 0 saturated carbocycles. The first-order valence-corrected chi connectivity index (χ1v) is 12.2. The average Bonchev–Trinajstić information content (AvgIpc) is 3.54. The Morgan fingerprint density at radius 1 is 1.15 bits per heavy atom. The van der Waals surface area contributed by atoms with Gasteiger partial charge in [0.1, 0.15) is 0 Å². The molecule has 1 atom stereocenters. The molecule has 1 saturated heterocycles. The first-order valence-electron chi connectivity index (χ1n) is 11.1. The van der Waals surface area contributed by atoms with Crippen molar-refractivity contribution in [3.8, 4) is 11.3 Å². The highest BCUT2D eigenvalue weighted by Crippen LogP contribution is 2.30. The fraction of sp³-hybridized carbons (Fsp3) is 0.280. The number of carbonyl (C=O) groups is 2. The number of hydrogen-bond acceptors (Lipinski definition) is 6. The molecular formula is C25H25N5O3S. The van der Waals surface area contributed by atoms with Gasteiger partial charge in [-0.1, -0.05) is 42.0 Å². The van der Waals surface area contributed by atoms with Crippen LogP contribution in [-0.2, 0) is 7.05 Å². The summed E-state index contributed by atoms with van der Waals surface area (Å²) in [5.74, 6) is 1.74. The van der Waals surface area contributed by atoms with E-state index in [1.54, 1.807) is 28.3 Å². The van der Waals surface area contributed by atoms with Gasteiger partial charge < -0.3 is 14.6 Å². The third kappa shape index (κ3) is 4.07. The molecule has 2 aromatic carbocycles. The van der Waals surface area contributed by atoms with Crippen molar-refractivity contribution in [1.29, 1.82) is 0 Å². The van der Waals surface area contributed by atoms with Gasteiger partial charge in [0.15, 0.2) is 23.0 Å². The van der Waals surface area contributed by atoms with Gasteiger partial charge in [-0.15, -0.1) is 11.8 Å². The van der Waals surface area contributed by atoms with Gasteiger partial charge in [-0.05, 0) is 19.1 Å². The lowest BCUT2D eigenvalue weighted by molar-refractivity contribution is 0.0731. The summed E-state index contributed by atoms with van der Waals surface area (Å²) >= 11 is 1.65. The molecule has 4 aromatic rings. The Morgan fingerprint density at radius 2 is 1.97 bits per heavy atom. The van der Waals surface area contributed by atoms with E-state index in [0.717, 1.165) is 27.8 Å². The Balaban J connectivity index is 1.34. The van der Waals surface area contributed by atoms with E-state index in [2.05, 4.69) is 15.4 Å². The van der Waals surface area contributed by atoms with Crippen molar-refractivity contribution >= 4 is 34.5 Å². The quantitative estimate of drug-likeness (QED) is 0.472. The van der Waals surface area contributed by atoms with Crippen LogP contribution in [-0.4, -0.2) is 55.7 Å². The number of thioether (sulfide) groups is 1. The topological polar surface area (TPSA) is 93.3 Å². The molecule has 9 heteroatoms. The number of para-hydroxylation sites is 1. The minimum atomic E-state index is -0.251. The first-order chi connectivity index (χ1) is 16.4. The normalized spacial score (nSPS) is 15.7. The number of nitrogens with one attached hydrogen (secondary N) is 1. The fourth-order valence-electron chi connectivity index (χ4n) is 4.24. The van der Waals surface area contributed by atoms with Crippen LogP contribution in [0.15, 0.2) is 52.9 Å². The van der Waals surface area contributed by atoms with E-state index in [4.69, 9.17) is 4.42 Å². The van der Waals surface area contributed by atoms with Crippen molar-refractivity contribution in [1.82, 2.24) is 25.0 Å². The minimum absolute atomic E-state index is 0.154. The van der Waals surface area contributed by atoms with Crippen molar-refractivity contribution in [2.75, 3.05) is 18.2 Å². The molecule has 0 spiro atoms. The summed E-state index contributed by atoms with van der Waals surface area (Å²) in [5.41, 5.74) is 3.48.